The van der Waals surface area contributed by atoms with Crippen molar-refractivity contribution in [1.82, 2.24) is 4.90 Å². The van der Waals surface area contributed by atoms with Gasteiger partial charge >= 0.3 is 0 Å². The number of aryl methyl sites for hydroxylation is 2. The van der Waals surface area contributed by atoms with Gasteiger partial charge in [-0.25, -0.2) is 0 Å². The number of fused-ring (bicyclic) bond motifs is 1. The van der Waals surface area contributed by atoms with Crippen molar-refractivity contribution in [3.8, 4) is 0 Å². The molecule has 0 radical (unpaired) electrons. The van der Waals surface area contributed by atoms with Crippen LogP contribution in [0.25, 0.3) is 0 Å². The van der Waals surface area contributed by atoms with Gasteiger partial charge in [-0.05, 0) is 73.2 Å². The first-order chi connectivity index (χ1) is 12.0. The van der Waals surface area contributed by atoms with Gasteiger partial charge in [0.05, 0.1) is 17.3 Å². The predicted molar refractivity (Wildman–Crippen MR) is 105 cm³/mol. The van der Waals surface area contributed by atoms with Crippen LogP contribution in [0, 0.1) is 19.8 Å². The van der Waals surface area contributed by atoms with Gasteiger partial charge in [-0.15, -0.1) is 11.3 Å². The van der Waals surface area contributed by atoms with Gasteiger partial charge in [-0.3, -0.25) is 9.69 Å². The summed E-state index contributed by atoms with van der Waals surface area (Å²) in [6.45, 7) is 5.39. The second-order valence-electron chi connectivity index (χ2n) is 7.29. The highest BCUT2D eigenvalue weighted by Crippen LogP contribution is 2.48. The van der Waals surface area contributed by atoms with E-state index in [0.29, 0.717) is 23.5 Å². The molecule has 1 aliphatic heterocycles. The van der Waals surface area contributed by atoms with E-state index in [2.05, 4.69) is 21.7 Å². The first kappa shape index (κ1) is 17.1. The van der Waals surface area contributed by atoms with Gasteiger partial charge in [0.2, 0.25) is 5.91 Å². The van der Waals surface area contributed by atoms with Crippen LogP contribution < -0.4 is 5.32 Å². The van der Waals surface area contributed by atoms with Crippen molar-refractivity contribution in [2.24, 2.45) is 5.92 Å². The molecule has 0 spiro atoms. The number of benzene rings is 1. The molecule has 1 aromatic carbocycles. The number of rotatable bonds is 4. The summed E-state index contributed by atoms with van der Waals surface area (Å²) < 4.78 is 0. The third-order valence-electron chi connectivity index (χ3n) is 5.23. The van der Waals surface area contributed by atoms with E-state index < -0.39 is 0 Å². The first-order valence-electron chi connectivity index (χ1n) is 8.90. The number of nitrogens with zero attached hydrogens (tertiary/aromatic N) is 1. The predicted octanol–water partition coefficient (Wildman–Crippen LogP) is 4.97. The highest BCUT2D eigenvalue weighted by Gasteiger charge is 2.40. The standard InChI is InChI=1S/C20H23ClN2OS/c1-12-9-13(2)19(16(21)10-12)22-18(24)11-23-7-5-17-15(6-8-25-17)20(23)14-3-4-14/h6,8-10,14,20H,3-5,7,11H2,1-2H3,(H,22,24)/t20-/m1/s1. The molecule has 1 atom stereocenters. The van der Waals surface area contributed by atoms with Crippen LogP contribution in [0.2, 0.25) is 5.02 Å². The molecule has 132 valence electrons. The molecule has 5 heteroatoms. The molecule has 0 saturated heterocycles. The fourth-order valence-corrected chi connectivity index (χ4v) is 5.26. The largest absolute Gasteiger partial charge is 0.323 e. The molecule has 1 aliphatic carbocycles. The average molecular weight is 375 g/mol. The number of carbonyl (C=O) groups is 1. The molecule has 2 aliphatic rings. The normalized spacial score (nSPS) is 20.4. The lowest BCUT2D eigenvalue weighted by Crippen LogP contribution is -2.41. The van der Waals surface area contributed by atoms with Crippen molar-refractivity contribution in [2.75, 3.05) is 18.4 Å². The quantitative estimate of drug-likeness (QED) is 0.819. The number of anilines is 1. The Bertz CT molecular complexity index is 789. The Morgan fingerprint density at radius 1 is 1.36 bits per heavy atom. The Labute approximate surface area is 158 Å². The van der Waals surface area contributed by atoms with Crippen molar-refractivity contribution >= 4 is 34.5 Å². The van der Waals surface area contributed by atoms with E-state index in [1.165, 1.54) is 23.3 Å². The highest BCUT2D eigenvalue weighted by atomic mass is 35.5. The van der Waals surface area contributed by atoms with E-state index >= 15 is 0 Å². The zero-order valence-electron chi connectivity index (χ0n) is 14.6. The highest BCUT2D eigenvalue weighted by molar-refractivity contribution is 7.10. The molecule has 25 heavy (non-hydrogen) atoms. The second kappa shape index (κ2) is 6.75. The van der Waals surface area contributed by atoms with E-state index in [0.717, 1.165) is 29.8 Å². The molecule has 1 saturated carbocycles. The minimum absolute atomic E-state index is 0.0261. The summed E-state index contributed by atoms with van der Waals surface area (Å²) in [5.74, 6) is 0.740. The molecule has 1 fully saturated rings. The van der Waals surface area contributed by atoms with Crippen LogP contribution >= 0.6 is 22.9 Å². The van der Waals surface area contributed by atoms with Crippen molar-refractivity contribution in [3.05, 3.63) is 50.2 Å². The van der Waals surface area contributed by atoms with E-state index in [4.69, 9.17) is 11.6 Å². The van der Waals surface area contributed by atoms with Gasteiger partial charge in [0, 0.05) is 17.5 Å². The Hall–Kier alpha value is -1.36. The molecule has 1 aromatic heterocycles. The minimum Gasteiger partial charge on any atom is -0.323 e. The monoisotopic (exact) mass is 374 g/mol. The lowest BCUT2D eigenvalue weighted by molar-refractivity contribution is -0.118. The summed E-state index contributed by atoms with van der Waals surface area (Å²) in [5.41, 5.74) is 4.32. The Kier molecular flexibility index (Phi) is 4.61. The zero-order chi connectivity index (χ0) is 17.6. The van der Waals surface area contributed by atoms with Crippen molar-refractivity contribution in [2.45, 2.75) is 39.2 Å². The summed E-state index contributed by atoms with van der Waals surface area (Å²) >= 11 is 8.19. The molecule has 0 unspecified atom stereocenters. The Balaban J connectivity index is 1.49. The third kappa shape index (κ3) is 3.48. The number of hydrogen-bond acceptors (Lipinski definition) is 3. The number of carbonyl (C=O) groups excluding carboxylic acids is 1. The maximum atomic E-state index is 12.7. The molecular formula is C20H23ClN2OS. The van der Waals surface area contributed by atoms with E-state index in [9.17, 15) is 4.79 Å². The van der Waals surface area contributed by atoms with Crippen LogP contribution in [0.5, 0.6) is 0 Å². The summed E-state index contributed by atoms with van der Waals surface area (Å²) in [5, 5.41) is 5.85. The average Bonchev–Trinajstić information content (AvgIpc) is 3.27. The van der Waals surface area contributed by atoms with Gasteiger partial charge in [-0.1, -0.05) is 17.7 Å². The number of amides is 1. The lowest BCUT2D eigenvalue weighted by atomic mass is 9.96. The Morgan fingerprint density at radius 2 is 2.16 bits per heavy atom. The van der Waals surface area contributed by atoms with E-state index in [1.54, 1.807) is 0 Å². The minimum atomic E-state index is 0.0261. The fraction of sp³-hybridized carbons (Fsp3) is 0.450. The van der Waals surface area contributed by atoms with Crippen LogP contribution in [0.4, 0.5) is 5.69 Å². The van der Waals surface area contributed by atoms with Gasteiger partial charge in [-0.2, -0.15) is 0 Å². The topological polar surface area (TPSA) is 32.3 Å². The van der Waals surface area contributed by atoms with E-state index in [-0.39, 0.29) is 5.91 Å². The van der Waals surface area contributed by atoms with Crippen LogP contribution in [0.1, 0.15) is 40.5 Å². The molecule has 0 bridgehead atoms. The third-order valence-corrected chi connectivity index (χ3v) is 6.52. The van der Waals surface area contributed by atoms with Gasteiger partial charge in [0.15, 0.2) is 0 Å². The summed E-state index contributed by atoms with van der Waals surface area (Å²) in [6.07, 6.45) is 3.61. The fourth-order valence-electron chi connectivity index (χ4n) is 3.98. The van der Waals surface area contributed by atoms with E-state index in [1.807, 2.05) is 37.3 Å². The van der Waals surface area contributed by atoms with Crippen LogP contribution in [-0.4, -0.2) is 23.9 Å². The molecule has 2 aromatic rings. The second-order valence-corrected chi connectivity index (χ2v) is 8.70. The number of hydrogen-bond donors (Lipinski definition) is 1. The van der Waals surface area contributed by atoms with Crippen LogP contribution in [0.15, 0.2) is 23.6 Å². The molecule has 3 nitrogen and oxygen atoms in total. The molecular weight excluding hydrogens is 352 g/mol. The molecule has 1 amide bonds. The smallest absolute Gasteiger partial charge is 0.238 e. The first-order valence-corrected chi connectivity index (χ1v) is 10.2. The summed E-state index contributed by atoms with van der Waals surface area (Å²) in [4.78, 5) is 16.6. The lowest BCUT2D eigenvalue weighted by Gasteiger charge is -2.35. The van der Waals surface area contributed by atoms with Crippen LogP contribution in [0.3, 0.4) is 0 Å². The van der Waals surface area contributed by atoms with Gasteiger partial charge < -0.3 is 5.32 Å². The number of nitrogens with one attached hydrogen (secondary N) is 1. The van der Waals surface area contributed by atoms with Crippen molar-refractivity contribution in [3.63, 3.8) is 0 Å². The van der Waals surface area contributed by atoms with Crippen molar-refractivity contribution < 1.29 is 4.79 Å². The molecule has 2 heterocycles. The summed E-state index contributed by atoms with van der Waals surface area (Å²) in [6, 6.07) is 6.62. The van der Waals surface area contributed by atoms with Gasteiger partial charge in [0.25, 0.3) is 0 Å². The van der Waals surface area contributed by atoms with Crippen LogP contribution in [-0.2, 0) is 11.2 Å². The SMILES string of the molecule is Cc1cc(C)c(NC(=O)CN2CCc3sccc3[C@H]2C2CC2)c(Cl)c1. The number of thiophene rings is 1. The summed E-state index contributed by atoms with van der Waals surface area (Å²) in [7, 11) is 0. The molecule has 1 N–H and O–H groups in total. The zero-order valence-corrected chi connectivity index (χ0v) is 16.2. The maximum Gasteiger partial charge on any atom is 0.238 e. The number of halogens is 1. The van der Waals surface area contributed by atoms with Crippen molar-refractivity contribution in [1.29, 1.82) is 0 Å². The molecule has 4 rings (SSSR count). The maximum absolute atomic E-state index is 12.7. The van der Waals surface area contributed by atoms with Gasteiger partial charge in [0.1, 0.15) is 0 Å². The Morgan fingerprint density at radius 3 is 2.88 bits per heavy atom.